The van der Waals surface area contributed by atoms with Gasteiger partial charge in [0.1, 0.15) is 0 Å². The van der Waals surface area contributed by atoms with Crippen molar-refractivity contribution in [2.75, 3.05) is 18.4 Å². The Morgan fingerprint density at radius 1 is 1.00 bits per heavy atom. The van der Waals surface area contributed by atoms with Crippen LogP contribution in [0.15, 0.2) is 58.8 Å². The molecule has 1 aliphatic heterocycles. The number of hydrogen-bond donors (Lipinski definition) is 1. The molecule has 2 atom stereocenters. The Morgan fingerprint density at radius 2 is 1.60 bits per heavy atom. The van der Waals surface area contributed by atoms with E-state index in [1.165, 1.54) is 29.0 Å². The van der Waals surface area contributed by atoms with Crippen molar-refractivity contribution in [1.82, 2.24) is 9.29 Å². The van der Waals surface area contributed by atoms with Crippen molar-refractivity contribution in [2.45, 2.75) is 51.3 Å². The van der Waals surface area contributed by atoms with Crippen LogP contribution in [0.25, 0.3) is 11.3 Å². The Hall–Kier alpha value is -2.55. The summed E-state index contributed by atoms with van der Waals surface area (Å²) in [5.41, 5.74) is 3.51. The Morgan fingerprint density at radius 3 is 2.17 bits per heavy atom. The highest BCUT2D eigenvalue weighted by molar-refractivity contribution is 7.89. The first-order valence-electron chi connectivity index (χ1n) is 11.9. The van der Waals surface area contributed by atoms with Crippen molar-refractivity contribution in [3.05, 3.63) is 65.0 Å². The van der Waals surface area contributed by atoms with E-state index in [9.17, 15) is 13.2 Å². The molecule has 0 spiro atoms. The van der Waals surface area contributed by atoms with Gasteiger partial charge in [0.15, 0.2) is 5.13 Å². The van der Waals surface area contributed by atoms with Gasteiger partial charge in [0.05, 0.1) is 10.6 Å². The Labute approximate surface area is 212 Å². The van der Waals surface area contributed by atoms with Crippen LogP contribution < -0.4 is 5.32 Å². The SMILES string of the molecule is C[C@H]1C[C@H](C)CN(S(=O)(=O)c2ccc(C(=O)Nc3nc(-c4ccc(C(C)(C)C)cc4)cs3)cc2)C1. The lowest BCUT2D eigenvalue weighted by atomic mass is 9.86. The van der Waals surface area contributed by atoms with Crippen LogP contribution in [0.1, 0.15) is 57.0 Å². The van der Waals surface area contributed by atoms with Gasteiger partial charge >= 0.3 is 0 Å². The zero-order chi connectivity index (χ0) is 25.4. The third kappa shape index (κ3) is 5.82. The highest BCUT2D eigenvalue weighted by atomic mass is 32.2. The zero-order valence-corrected chi connectivity index (χ0v) is 22.5. The molecule has 4 rings (SSSR count). The number of rotatable bonds is 5. The second kappa shape index (κ2) is 9.84. The molecule has 2 heterocycles. The maximum absolute atomic E-state index is 13.1. The van der Waals surface area contributed by atoms with Gasteiger partial charge in [0.25, 0.3) is 5.91 Å². The molecule has 1 saturated heterocycles. The van der Waals surface area contributed by atoms with E-state index < -0.39 is 10.0 Å². The fourth-order valence-electron chi connectivity index (χ4n) is 4.50. The molecule has 8 heteroatoms. The smallest absolute Gasteiger partial charge is 0.257 e. The van der Waals surface area contributed by atoms with Crippen LogP contribution in [-0.2, 0) is 15.4 Å². The highest BCUT2D eigenvalue weighted by Crippen LogP contribution is 2.29. The van der Waals surface area contributed by atoms with Crippen LogP contribution in [0.3, 0.4) is 0 Å². The maximum atomic E-state index is 13.1. The summed E-state index contributed by atoms with van der Waals surface area (Å²) in [5, 5.41) is 5.24. The van der Waals surface area contributed by atoms with Crippen LogP contribution in [-0.4, -0.2) is 36.7 Å². The highest BCUT2D eigenvalue weighted by Gasteiger charge is 2.31. The fourth-order valence-corrected chi connectivity index (χ4v) is 6.90. The lowest BCUT2D eigenvalue weighted by Crippen LogP contribution is -2.42. The average Bonchev–Trinajstić information content (AvgIpc) is 3.26. The number of amides is 1. The summed E-state index contributed by atoms with van der Waals surface area (Å²) in [5.74, 6) is 0.342. The topological polar surface area (TPSA) is 79.4 Å². The fraction of sp³-hybridized carbons (Fsp3) is 0.407. The Balaban J connectivity index is 1.43. The lowest BCUT2D eigenvalue weighted by Gasteiger charge is -2.34. The number of aromatic nitrogens is 1. The number of hydrogen-bond acceptors (Lipinski definition) is 5. The summed E-state index contributed by atoms with van der Waals surface area (Å²) < 4.78 is 27.7. The van der Waals surface area contributed by atoms with Gasteiger partial charge in [-0.15, -0.1) is 11.3 Å². The Bertz CT molecular complexity index is 1280. The number of sulfonamides is 1. The van der Waals surface area contributed by atoms with Crippen molar-refractivity contribution < 1.29 is 13.2 Å². The Kier molecular flexibility index (Phi) is 7.18. The summed E-state index contributed by atoms with van der Waals surface area (Å²) in [4.78, 5) is 17.5. The van der Waals surface area contributed by atoms with Gasteiger partial charge in [-0.25, -0.2) is 13.4 Å². The predicted molar refractivity (Wildman–Crippen MR) is 142 cm³/mol. The number of carbonyl (C=O) groups excluding carboxylic acids is 1. The summed E-state index contributed by atoms with van der Waals surface area (Å²) in [7, 11) is -3.58. The van der Waals surface area contributed by atoms with Gasteiger partial charge < -0.3 is 0 Å². The standard InChI is InChI=1S/C27H33N3O3S2/c1-18-14-19(2)16-30(15-18)35(32,33)23-12-8-21(9-13-23)25(31)29-26-28-24(17-34-26)20-6-10-22(11-7-20)27(3,4)5/h6-13,17-19H,14-16H2,1-5H3,(H,28,29,31)/t18-,19-/m0/s1. The van der Waals surface area contributed by atoms with E-state index in [0.717, 1.165) is 17.7 Å². The normalized spacial score (nSPS) is 19.5. The average molecular weight is 512 g/mol. The van der Waals surface area contributed by atoms with Crippen LogP contribution in [0.2, 0.25) is 0 Å². The minimum absolute atomic E-state index is 0.0826. The number of carbonyl (C=O) groups is 1. The van der Waals surface area contributed by atoms with E-state index >= 15 is 0 Å². The molecular weight excluding hydrogens is 478 g/mol. The van der Waals surface area contributed by atoms with Gasteiger partial charge in [0.2, 0.25) is 10.0 Å². The molecular formula is C27H33N3O3S2. The van der Waals surface area contributed by atoms with E-state index in [0.29, 0.717) is 35.6 Å². The molecule has 0 unspecified atom stereocenters. The van der Waals surface area contributed by atoms with Crippen LogP contribution in [0.5, 0.6) is 0 Å². The summed E-state index contributed by atoms with van der Waals surface area (Å²) in [6.07, 6.45) is 1.03. The first-order valence-corrected chi connectivity index (χ1v) is 14.2. The molecule has 0 radical (unpaired) electrons. The third-order valence-corrected chi connectivity index (χ3v) is 8.96. The number of benzene rings is 2. The largest absolute Gasteiger partial charge is 0.298 e. The van der Waals surface area contributed by atoms with Crippen molar-refractivity contribution in [2.24, 2.45) is 11.8 Å². The first-order chi connectivity index (χ1) is 16.4. The van der Waals surface area contributed by atoms with Gasteiger partial charge in [0, 0.05) is 29.6 Å². The van der Waals surface area contributed by atoms with E-state index in [4.69, 9.17) is 0 Å². The molecule has 1 amide bonds. The van der Waals surface area contributed by atoms with Gasteiger partial charge in [-0.05, 0) is 53.5 Å². The number of thiazole rings is 1. The minimum Gasteiger partial charge on any atom is -0.298 e. The van der Waals surface area contributed by atoms with E-state index in [1.807, 2.05) is 17.5 Å². The van der Waals surface area contributed by atoms with Crippen LogP contribution >= 0.6 is 11.3 Å². The zero-order valence-electron chi connectivity index (χ0n) is 20.9. The summed E-state index contributed by atoms with van der Waals surface area (Å²) in [6, 6.07) is 14.4. The minimum atomic E-state index is -3.58. The van der Waals surface area contributed by atoms with Gasteiger partial charge in [-0.1, -0.05) is 58.9 Å². The van der Waals surface area contributed by atoms with Gasteiger partial charge in [-0.2, -0.15) is 4.31 Å². The molecule has 3 aromatic rings. The molecule has 1 aliphatic rings. The maximum Gasteiger partial charge on any atom is 0.257 e. The number of anilines is 1. The van der Waals surface area contributed by atoms with Crippen molar-refractivity contribution in [1.29, 1.82) is 0 Å². The molecule has 1 N–H and O–H groups in total. The molecule has 1 aromatic heterocycles. The quantitative estimate of drug-likeness (QED) is 0.454. The van der Waals surface area contributed by atoms with Crippen LogP contribution in [0.4, 0.5) is 5.13 Å². The first kappa shape index (κ1) is 25.5. The lowest BCUT2D eigenvalue weighted by molar-refractivity contribution is 0.102. The molecule has 186 valence electrons. The predicted octanol–water partition coefficient (Wildman–Crippen LogP) is 6.03. The molecule has 0 aliphatic carbocycles. The van der Waals surface area contributed by atoms with Gasteiger partial charge in [-0.3, -0.25) is 10.1 Å². The van der Waals surface area contributed by atoms with Crippen molar-refractivity contribution >= 4 is 32.4 Å². The number of nitrogens with zero attached hydrogens (tertiary/aromatic N) is 2. The molecule has 0 saturated carbocycles. The molecule has 2 aromatic carbocycles. The van der Waals surface area contributed by atoms with Crippen molar-refractivity contribution in [3.8, 4) is 11.3 Å². The third-order valence-electron chi connectivity index (χ3n) is 6.36. The van der Waals surface area contributed by atoms with E-state index in [1.54, 1.807) is 16.4 Å². The molecule has 6 nitrogen and oxygen atoms in total. The second-order valence-electron chi connectivity index (χ2n) is 10.6. The van der Waals surface area contributed by atoms with Crippen LogP contribution in [0, 0.1) is 11.8 Å². The summed E-state index contributed by atoms with van der Waals surface area (Å²) in [6.45, 7) is 11.7. The van der Waals surface area contributed by atoms with E-state index in [2.05, 4.69) is 57.1 Å². The molecule has 0 bridgehead atoms. The molecule has 35 heavy (non-hydrogen) atoms. The second-order valence-corrected chi connectivity index (χ2v) is 13.4. The summed E-state index contributed by atoms with van der Waals surface area (Å²) >= 11 is 1.36. The molecule has 1 fully saturated rings. The van der Waals surface area contributed by atoms with Crippen molar-refractivity contribution in [3.63, 3.8) is 0 Å². The van der Waals surface area contributed by atoms with E-state index in [-0.39, 0.29) is 16.2 Å². The number of piperidine rings is 1. The number of nitrogens with one attached hydrogen (secondary N) is 1. The monoisotopic (exact) mass is 511 g/mol.